The average molecular weight is 535 g/mol. The summed E-state index contributed by atoms with van der Waals surface area (Å²) in [6.07, 6.45) is 8.21. The second-order valence-electron chi connectivity index (χ2n) is 10.8. The molecule has 1 aliphatic heterocycles. The van der Waals surface area contributed by atoms with E-state index in [0.29, 0.717) is 19.4 Å². The van der Waals surface area contributed by atoms with Gasteiger partial charge in [-0.25, -0.2) is 0 Å². The number of carbonyl (C=O) groups excluding carboxylic acids is 2. The van der Waals surface area contributed by atoms with Gasteiger partial charge in [-0.1, -0.05) is 74.4 Å². The lowest BCUT2D eigenvalue weighted by molar-refractivity contribution is -0.142. The van der Waals surface area contributed by atoms with Crippen LogP contribution in [0.1, 0.15) is 63.4 Å². The highest BCUT2D eigenvalue weighted by atomic mass is 16.5. The molecule has 1 amide bonds. The van der Waals surface area contributed by atoms with Crippen molar-refractivity contribution < 1.29 is 24.5 Å². The Bertz CT molecular complexity index is 1070. The molecule has 0 radical (unpaired) electrons. The molecule has 7 nitrogen and oxygen atoms in total. The highest BCUT2D eigenvalue weighted by molar-refractivity contribution is 5.98. The molecule has 0 spiro atoms. The predicted octanol–water partition coefficient (Wildman–Crippen LogP) is 4.56. The van der Waals surface area contributed by atoms with Gasteiger partial charge in [-0.3, -0.25) is 9.59 Å². The number of rotatable bonds is 11. The summed E-state index contributed by atoms with van der Waals surface area (Å²) in [6.45, 7) is 2.43. The zero-order valence-electron chi connectivity index (χ0n) is 22.8. The van der Waals surface area contributed by atoms with Crippen LogP contribution in [0, 0.1) is 5.92 Å². The van der Waals surface area contributed by atoms with E-state index in [4.69, 9.17) is 4.74 Å². The number of hydrogen-bond acceptors (Lipinski definition) is 6. The first kappa shape index (κ1) is 28.8. The van der Waals surface area contributed by atoms with E-state index in [9.17, 15) is 19.8 Å². The minimum Gasteiger partial charge on any atom is -0.494 e. The topological polar surface area (TPSA) is 99.1 Å². The fraction of sp³-hybridized carbons (Fsp3) is 0.500. The van der Waals surface area contributed by atoms with Crippen LogP contribution in [-0.2, 0) is 16.1 Å². The predicted molar refractivity (Wildman–Crippen MR) is 153 cm³/mol. The minimum atomic E-state index is -1.83. The number of carbonyl (C=O) groups is 2. The molecule has 2 aromatic rings. The summed E-state index contributed by atoms with van der Waals surface area (Å²) in [5.41, 5.74) is 2.89. The Morgan fingerprint density at radius 3 is 2.26 bits per heavy atom. The molecule has 2 fully saturated rings. The maximum Gasteiger partial charge on any atom is 0.252 e. The third-order valence-corrected chi connectivity index (χ3v) is 7.89. The monoisotopic (exact) mass is 534 g/mol. The molecule has 4 rings (SSSR count). The fourth-order valence-electron chi connectivity index (χ4n) is 5.41. The molecule has 1 saturated heterocycles. The molecule has 39 heavy (non-hydrogen) atoms. The van der Waals surface area contributed by atoms with Crippen LogP contribution >= 0.6 is 0 Å². The first-order valence-corrected chi connectivity index (χ1v) is 14.4. The lowest BCUT2D eigenvalue weighted by atomic mass is 9.97. The number of amides is 1. The number of ketones is 1. The van der Waals surface area contributed by atoms with Gasteiger partial charge in [-0.15, -0.1) is 0 Å². The van der Waals surface area contributed by atoms with Crippen LogP contribution in [0.5, 0.6) is 5.75 Å². The summed E-state index contributed by atoms with van der Waals surface area (Å²) < 4.78 is 5.91. The Morgan fingerprint density at radius 2 is 1.59 bits per heavy atom. The van der Waals surface area contributed by atoms with Crippen LogP contribution in [0.2, 0.25) is 0 Å². The smallest absolute Gasteiger partial charge is 0.252 e. The molecule has 1 heterocycles. The average Bonchev–Trinajstić information content (AvgIpc) is 3.25. The highest BCUT2D eigenvalue weighted by Gasteiger charge is 2.29. The zero-order valence-corrected chi connectivity index (χ0v) is 22.8. The van der Waals surface area contributed by atoms with E-state index < -0.39 is 23.9 Å². The van der Waals surface area contributed by atoms with E-state index in [2.05, 4.69) is 22.3 Å². The number of nitrogens with zero attached hydrogens (tertiary/aromatic N) is 1. The number of benzene rings is 2. The second-order valence-corrected chi connectivity index (χ2v) is 10.8. The molecular weight excluding hydrogens is 492 g/mol. The quantitative estimate of drug-likeness (QED) is 0.289. The lowest BCUT2D eigenvalue weighted by Crippen LogP contribution is -2.45. The second kappa shape index (κ2) is 14.8. The molecule has 210 valence electrons. The van der Waals surface area contributed by atoms with Gasteiger partial charge in [0.15, 0.2) is 18.0 Å². The van der Waals surface area contributed by atoms with E-state index in [1.807, 2.05) is 42.5 Å². The molecule has 1 saturated carbocycles. The lowest BCUT2D eigenvalue weighted by Gasteiger charge is -2.30. The van der Waals surface area contributed by atoms with Crippen LogP contribution in [0.15, 0.2) is 66.2 Å². The van der Waals surface area contributed by atoms with Crippen molar-refractivity contribution in [3.8, 4) is 5.75 Å². The third kappa shape index (κ3) is 8.94. The molecular formula is C32H42N2O5. The number of hydrogen-bond donors (Lipinski definition) is 3. The number of ether oxygens (including phenoxy) is 1. The van der Waals surface area contributed by atoms with Gasteiger partial charge in [-0.05, 0) is 61.1 Å². The summed E-state index contributed by atoms with van der Waals surface area (Å²) in [7, 11) is 0. The Hall–Kier alpha value is -3.16. The van der Waals surface area contributed by atoms with Gasteiger partial charge in [-0.2, -0.15) is 0 Å². The van der Waals surface area contributed by atoms with E-state index in [1.54, 1.807) is 0 Å². The first-order chi connectivity index (χ1) is 19.0. The van der Waals surface area contributed by atoms with E-state index >= 15 is 0 Å². The van der Waals surface area contributed by atoms with Crippen molar-refractivity contribution in [1.82, 2.24) is 5.32 Å². The maximum atomic E-state index is 12.5. The van der Waals surface area contributed by atoms with Crippen molar-refractivity contribution in [2.24, 2.45) is 5.92 Å². The SMILES string of the molecule is O=C(C=C1CCN(c2ccccc2)CC1)[C@H](O)[C@@H](O)C(=O)NCc1ccc(OCCC2CCCCCC2)cc1. The molecule has 0 aromatic heterocycles. The van der Waals surface area contributed by atoms with Crippen LogP contribution in [-0.4, -0.2) is 53.8 Å². The molecule has 7 heteroatoms. The number of nitrogens with one attached hydrogen (secondary N) is 1. The van der Waals surface area contributed by atoms with Crippen molar-refractivity contribution >= 4 is 17.4 Å². The summed E-state index contributed by atoms with van der Waals surface area (Å²) in [6, 6.07) is 17.6. The van der Waals surface area contributed by atoms with Gasteiger partial charge >= 0.3 is 0 Å². The molecule has 2 aromatic carbocycles. The summed E-state index contributed by atoms with van der Waals surface area (Å²) in [5, 5.41) is 23.2. The van der Waals surface area contributed by atoms with Gasteiger partial charge < -0.3 is 25.2 Å². The standard InChI is InChI=1S/C32H42N2O5/c35-29(22-25-16-19-34(20-17-25)27-10-6-3-7-11-27)30(36)31(37)32(38)33-23-26-12-14-28(15-13-26)39-21-18-24-8-4-1-2-5-9-24/h3,6-7,10-15,22,24,30-31,36-37H,1-2,4-5,8-9,16-21,23H2,(H,33,38)/t30-,31+/m0/s1. The molecule has 1 aliphatic carbocycles. The molecule has 0 unspecified atom stereocenters. The number of aliphatic hydroxyl groups is 2. The largest absolute Gasteiger partial charge is 0.494 e. The number of aliphatic hydroxyl groups excluding tert-OH is 2. The summed E-state index contributed by atoms with van der Waals surface area (Å²) in [4.78, 5) is 27.2. The van der Waals surface area contributed by atoms with Crippen molar-refractivity contribution in [2.75, 3.05) is 24.6 Å². The van der Waals surface area contributed by atoms with Crippen molar-refractivity contribution in [3.63, 3.8) is 0 Å². The van der Waals surface area contributed by atoms with Gasteiger partial charge in [0.05, 0.1) is 6.61 Å². The Kier molecular flexibility index (Phi) is 11.0. The van der Waals surface area contributed by atoms with Crippen LogP contribution in [0.25, 0.3) is 0 Å². The van der Waals surface area contributed by atoms with Crippen molar-refractivity contribution in [2.45, 2.75) is 76.5 Å². The highest BCUT2D eigenvalue weighted by Crippen LogP contribution is 2.26. The van der Waals surface area contributed by atoms with Crippen LogP contribution in [0.3, 0.4) is 0 Å². The number of para-hydroxylation sites is 1. The fourth-order valence-corrected chi connectivity index (χ4v) is 5.41. The third-order valence-electron chi connectivity index (χ3n) is 7.89. The van der Waals surface area contributed by atoms with Crippen molar-refractivity contribution in [1.29, 1.82) is 0 Å². The summed E-state index contributed by atoms with van der Waals surface area (Å²) in [5.74, 6) is 0.130. The van der Waals surface area contributed by atoms with Gasteiger partial charge in [0.25, 0.3) is 5.91 Å². The Labute approximate surface area is 231 Å². The molecule has 2 atom stereocenters. The van der Waals surface area contributed by atoms with Crippen LogP contribution in [0.4, 0.5) is 5.69 Å². The van der Waals surface area contributed by atoms with Gasteiger partial charge in [0.2, 0.25) is 0 Å². The van der Waals surface area contributed by atoms with Crippen molar-refractivity contribution in [3.05, 3.63) is 71.8 Å². The number of piperidine rings is 1. The molecule has 3 N–H and O–H groups in total. The van der Waals surface area contributed by atoms with Crippen LogP contribution < -0.4 is 15.0 Å². The number of anilines is 1. The zero-order chi connectivity index (χ0) is 27.5. The van der Waals surface area contributed by atoms with Gasteiger partial charge in [0, 0.05) is 25.3 Å². The van der Waals surface area contributed by atoms with Gasteiger partial charge in [0.1, 0.15) is 5.75 Å². The maximum absolute atomic E-state index is 12.5. The molecule has 2 aliphatic rings. The normalized spacial score (nSPS) is 18.1. The first-order valence-electron chi connectivity index (χ1n) is 14.4. The molecule has 0 bridgehead atoms. The summed E-state index contributed by atoms with van der Waals surface area (Å²) >= 11 is 0. The minimum absolute atomic E-state index is 0.176. The van der Waals surface area contributed by atoms with E-state index in [0.717, 1.165) is 48.0 Å². The van der Waals surface area contributed by atoms with E-state index in [1.165, 1.54) is 44.6 Å². The Morgan fingerprint density at radius 1 is 0.923 bits per heavy atom. The van der Waals surface area contributed by atoms with E-state index in [-0.39, 0.29) is 6.54 Å². The Balaban J connectivity index is 1.17.